The van der Waals surface area contributed by atoms with Crippen LogP contribution in [0, 0.1) is 11.8 Å². The minimum Gasteiger partial charge on any atom is -0.383 e. The Morgan fingerprint density at radius 3 is 2.61 bits per heavy atom. The number of piperidine rings is 1. The van der Waals surface area contributed by atoms with E-state index in [0.29, 0.717) is 38.1 Å². The summed E-state index contributed by atoms with van der Waals surface area (Å²) in [5.41, 5.74) is 1.13. The van der Waals surface area contributed by atoms with Crippen LogP contribution < -0.4 is 5.32 Å². The summed E-state index contributed by atoms with van der Waals surface area (Å²) in [7, 11) is 1.73. The third-order valence-electron chi connectivity index (χ3n) is 7.58. The quantitative estimate of drug-likeness (QED) is 0.720. The molecule has 1 aromatic rings. The van der Waals surface area contributed by atoms with Crippen molar-refractivity contribution in [2.75, 3.05) is 59.5 Å². The zero-order chi connectivity index (χ0) is 21.8. The largest absolute Gasteiger partial charge is 0.383 e. The topological polar surface area (TPSA) is 65.1 Å². The molecule has 7 heteroatoms. The maximum atomic E-state index is 13.2. The molecule has 7 nitrogen and oxygen atoms in total. The number of nitrogens with zero attached hydrogens (tertiary/aromatic N) is 3. The van der Waals surface area contributed by atoms with Gasteiger partial charge in [-0.2, -0.15) is 0 Å². The molecule has 0 aliphatic carbocycles. The van der Waals surface area contributed by atoms with Gasteiger partial charge in [0.1, 0.15) is 0 Å². The van der Waals surface area contributed by atoms with Gasteiger partial charge in [-0.05, 0) is 31.7 Å². The molecule has 3 amide bonds. The Hall–Kier alpha value is -2.12. The first-order chi connectivity index (χ1) is 15.1. The zero-order valence-electron chi connectivity index (χ0n) is 18.9. The highest BCUT2D eigenvalue weighted by Crippen LogP contribution is 2.49. The number of likely N-dealkylation sites (tertiary alicyclic amines) is 3. The van der Waals surface area contributed by atoms with Crippen LogP contribution in [0.2, 0.25) is 0 Å². The minimum absolute atomic E-state index is 0.0165. The van der Waals surface area contributed by atoms with Crippen LogP contribution in [0.15, 0.2) is 30.3 Å². The summed E-state index contributed by atoms with van der Waals surface area (Å²) >= 11 is 0. The van der Waals surface area contributed by atoms with Crippen LogP contribution in [-0.4, -0.2) is 91.7 Å². The maximum Gasteiger partial charge on any atom is 0.317 e. The Morgan fingerprint density at radius 2 is 1.94 bits per heavy atom. The van der Waals surface area contributed by atoms with Crippen molar-refractivity contribution in [2.45, 2.75) is 31.7 Å². The molecule has 170 valence electrons. The number of benzene rings is 1. The lowest BCUT2D eigenvalue weighted by Gasteiger charge is -2.47. The molecule has 3 aliphatic heterocycles. The summed E-state index contributed by atoms with van der Waals surface area (Å²) in [4.78, 5) is 32.3. The van der Waals surface area contributed by atoms with Crippen molar-refractivity contribution in [1.82, 2.24) is 20.0 Å². The number of methoxy groups -OCH3 is 1. The van der Waals surface area contributed by atoms with Crippen LogP contribution in [0.1, 0.15) is 25.3 Å². The number of amides is 3. The molecule has 1 N–H and O–H groups in total. The van der Waals surface area contributed by atoms with Gasteiger partial charge in [0.2, 0.25) is 5.91 Å². The van der Waals surface area contributed by atoms with E-state index in [1.54, 1.807) is 7.11 Å². The average Bonchev–Trinajstić information content (AvgIpc) is 3.31. The van der Waals surface area contributed by atoms with E-state index < -0.39 is 0 Å². The molecule has 3 saturated heterocycles. The van der Waals surface area contributed by atoms with Gasteiger partial charge >= 0.3 is 6.03 Å². The molecule has 0 radical (unpaired) electrons. The molecule has 0 saturated carbocycles. The van der Waals surface area contributed by atoms with E-state index >= 15 is 0 Å². The van der Waals surface area contributed by atoms with E-state index in [2.05, 4.69) is 34.2 Å². The van der Waals surface area contributed by atoms with Gasteiger partial charge in [0.05, 0.1) is 18.1 Å². The minimum atomic E-state index is -0.0981. The molecule has 2 atom stereocenters. The normalized spacial score (nSPS) is 25.3. The van der Waals surface area contributed by atoms with Crippen molar-refractivity contribution in [3.05, 3.63) is 35.9 Å². The van der Waals surface area contributed by atoms with Gasteiger partial charge in [0.25, 0.3) is 0 Å². The fourth-order valence-corrected chi connectivity index (χ4v) is 5.98. The van der Waals surface area contributed by atoms with Gasteiger partial charge < -0.3 is 19.9 Å². The molecule has 1 spiro atoms. The maximum absolute atomic E-state index is 13.2. The third-order valence-corrected chi connectivity index (χ3v) is 7.58. The van der Waals surface area contributed by atoms with Gasteiger partial charge in [-0.15, -0.1) is 0 Å². The monoisotopic (exact) mass is 428 g/mol. The van der Waals surface area contributed by atoms with Crippen molar-refractivity contribution in [3.63, 3.8) is 0 Å². The highest BCUT2D eigenvalue weighted by Gasteiger charge is 2.61. The first-order valence-corrected chi connectivity index (χ1v) is 11.7. The van der Waals surface area contributed by atoms with Crippen LogP contribution in [0.4, 0.5) is 4.79 Å². The summed E-state index contributed by atoms with van der Waals surface area (Å²) in [6, 6.07) is 10.2. The molecule has 0 unspecified atom stereocenters. The number of carbonyl (C=O) groups excluding carboxylic acids is 2. The molecule has 0 bridgehead atoms. The lowest BCUT2D eigenvalue weighted by molar-refractivity contribution is -0.135. The van der Waals surface area contributed by atoms with Gasteiger partial charge in [-0.1, -0.05) is 30.3 Å². The average molecular weight is 429 g/mol. The van der Waals surface area contributed by atoms with Gasteiger partial charge in [0.15, 0.2) is 0 Å². The number of ether oxygens (including phenoxy) is 1. The number of urea groups is 1. The van der Waals surface area contributed by atoms with Gasteiger partial charge in [-0.3, -0.25) is 9.69 Å². The van der Waals surface area contributed by atoms with Crippen molar-refractivity contribution >= 4 is 11.9 Å². The SMILES string of the molecule is CCN1C(=O)[C@@H]2CN(CCOC)C[C@@H]2C12CCN(C(=O)NCCc1ccccc1)CC2. The Morgan fingerprint density at radius 1 is 1.19 bits per heavy atom. The summed E-state index contributed by atoms with van der Waals surface area (Å²) in [5.74, 6) is 0.774. The molecular weight excluding hydrogens is 392 g/mol. The summed E-state index contributed by atoms with van der Waals surface area (Å²) in [6.07, 6.45) is 2.58. The number of nitrogens with one attached hydrogen (secondary N) is 1. The number of hydrogen-bond donors (Lipinski definition) is 1. The highest BCUT2D eigenvalue weighted by atomic mass is 16.5. The summed E-state index contributed by atoms with van der Waals surface area (Å²) in [5, 5.41) is 3.07. The standard InChI is InChI=1S/C24H36N4O3/c1-3-28-22(29)20-17-26(15-16-31-2)18-21(20)24(28)10-13-27(14-11-24)23(30)25-12-9-19-7-5-4-6-8-19/h4-8,20-21H,3,9-18H2,1-2H3,(H,25,30)/t20-,21+/m1/s1. The first-order valence-electron chi connectivity index (χ1n) is 11.7. The smallest absolute Gasteiger partial charge is 0.317 e. The van der Waals surface area contributed by atoms with E-state index in [1.165, 1.54) is 5.56 Å². The summed E-state index contributed by atoms with van der Waals surface area (Å²) < 4.78 is 5.24. The summed E-state index contributed by atoms with van der Waals surface area (Å²) in [6.45, 7) is 8.30. The molecule has 0 aromatic heterocycles. The Labute approximate surface area is 185 Å². The molecule has 4 rings (SSSR count). The number of hydrogen-bond acceptors (Lipinski definition) is 4. The van der Waals surface area contributed by atoms with Gasteiger partial charge in [-0.25, -0.2) is 4.79 Å². The number of carbonyl (C=O) groups is 2. The van der Waals surface area contributed by atoms with Crippen LogP contribution in [0.3, 0.4) is 0 Å². The Bertz CT molecular complexity index is 763. The predicted octanol–water partition coefficient (Wildman–Crippen LogP) is 1.83. The Balaban J connectivity index is 1.34. The fourth-order valence-electron chi connectivity index (χ4n) is 5.98. The second-order valence-corrected chi connectivity index (χ2v) is 9.11. The van der Waals surface area contributed by atoms with Crippen LogP contribution in [0.5, 0.6) is 0 Å². The fraction of sp³-hybridized carbons (Fsp3) is 0.667. The van der Waals surface area contributed by atoms with Crippen molar-refractivity contribution < 1.29 is 14.3 Å². The Kier molecular flexibility index (Phi) is 6.82. The number of rotatable bonds is 7. The van der Waals surface area contributed by atoms with Gasteiger partial charge in [0, 0.05) is 58.8 Å². The van der Waals surface area contributed by atoms with Crippen molar-refractivity contribution in [1.29, 1.82) is 0 Å². The predicted molar refractivity (Wildman–Crippen MR) is 120 cm³/mol. The third kappa shape index (κ3) is 4.30. The molecule has 3 fully saturated rings. The highest BCUT2D eigenvalue weighted by molar-refractivity contribution is 5.84. The van der Waals surface area contributed by atoms with Crippen molar-refractivity contribution in [2.24, 2.45) is 11.8 Å². The van der Waals surface area contributed by atoms with Crippen LogP contribution in [-0.2, 0) is 16.0 Å². The first kappa shape index (κ1) is 22.1. The van der Waals surface area contributed by atoms with E-state index in [0.717, 1.165) is 45.4 Å². The van der Waals surface area contributed by atoms with Crippen LogP contribution in [0.25, 0.3) is 0 Å². The van der Waals surface area contributed by atoms with E-state index in [4.69, 9.17) is 4.74 Å². The molecule has 31 heavy (non-hydrogen) atoms. The molecular formula is C24H36N4O3. The second kappa shape index (κ2) is 9.57. The van der Waals surface area contributed by atoms with E-state index in [1.807, 2.05) is 23.1 Å². The van der Waals surface area contributed by atoms with Crippen LogP contribution >= 0.6 is 0 Å². The lowest BCUT2D eigenvalue weighted by Crippen LogP contribution is -2.58. The van der Waals surface area contributed by atoms with Crippen molar-refractivity contribution in [3.8, 4) is 0 Å². The molecule has 3 aliphatic rings. The van der Waals surface area contributed by atoms with E-state index in [9.17, 15) is 9.59 Å². The number of fused-ring (bicyclic) bond motifs is 2. The lowest BCUT2D eigenvalue weighted by atomic mass is 9.75. The zero-order valence-corrected chi connectivity index (χ0v) is 18.9. The van der Waals surface area contributed by atoms with E-state index in [-0.39, 0.29) is 17.5 Å². The second-order valence-electron chi connectivity index (χ2n) is 9.11. The molecule has 1 aromatic carbocycles. The molecule has 3 heterocycles.